The van der Waals surface area contributed by atoms with Crippen molar-refractivity contribution in [2.75, 3.05) is 5.32 Å². The van der Waals surface area contributed by atoms with E-state index in [1.54, 1.807) is 11.3 Å². The fourth-order valence-electron chi connectivity index (χ4n) is 11.7. The van der Waals surface area contributed by atoms with Gasteiger partial charge in [0.1, 0.15) is 22.3 Å². The third-order valence-corrected chi connectivity index (χ3v) is 17.0. The van der Waals surface area contributed by atoms with Crippen molar-refractivity contribution in [1.29, 1.82) is 0 Å². The van der Waals surface area contributed by atoms with Crippen LogP contribution in [0.5, 0.6) is 0 Å². The Kier molecular flexibility index (Phi) is 9.41. The summed E-state index contributed by atoms with van der Waals surface area (Å²) in [5.74, 6) is 0. The molecule has 12 aromatic rings. The summed E-state index contributed by atoms with van der Waals surface area (Å²) in [5.41, 5.74) is 19.1. The molecule has 4 aromatic heterocycles. The second kappa shape index (κ2) is 15.2. The first-order valence-corrected chi connectivity index (χ1v) is 26.2. The van der Waals surface area contributed by atoms with Gasteiger partial charge in [-0.2, -0.15) is 0 Å². The fraction of sp³-hybridized carbons (Fsp3) is 0.242. The first-order chi connectivity index (χ1) is 33.9. The molecule has 0 aliphatic heterocycles. The Bertz CT molecular complexity index is 4140. The van der Waals surface area contributed by atoms with Gasteiger partial charge in [0.15, 0.2) is 0 Å². The lowest BCUT2D eigenvalue weighted by Crippen LogP contribution is -2.33. The molecule has 1 aliphatic carbocycles. The van der Waals surface area contributed by atoms with Gasteiger partial charge >= 0.3 is 0 Å². The maximum absolute atomic E-state index is 7.26. The average molecular weight is 945 g/mol. The summed E-state index contributed by atoms with van der Waals surface area (Å²) in [6, 6.07) is 54.2. The van der Waals surface area contributed by atoms with Crippen molar-refractivity contribution >= 4 is 98.5 Å². The minimum absolute atomic E-state index is 0.0333. The van der Waals surface area contributed by atoms with Crippen molar-refractivity contribution in [3.8, 4) is 27.9 Å². The minimum Gasteiger partial charge on any atom is -0.456 e. The number of nitrogens with one attached hydrogen (secondary N) is 1. The van der Waals surface area contributed by atoms with Gasteiger partial charge in [-0.25, -0.2) is 0 Å². The van der Waals surface area contributed by atoms with Gasteiger partial charge in [-0.05, 0) is 140 Å². The molecule has 0 saturated carbocycles. The Morgan fingerprint density at radius 3 is 1.93 bits per heavy atom. The van der Waals surface area contributed by atoms with E-state index in [2.05, 4.69) is 230 Å². The Morgan fingerprint density at radius 1 is 0.507 bits per heavy atom. The van der Waals surface area contributed by atoms with Crippen LogP contribution in [0.25, 0.3) is 104 Å². The van der Waals surface area contributed by atoms with Gasteiger partial charge in [-0.1, -0.05) is 142 Å². The molecule has 0 spiro atoms. The molecule has 0 atom stereocenters. The number of hydrogen-bond donors (Lipinski definition) is 1. The highest BCUT2D eigenvalue weighted by Gasteiger charge is 2.38. The average Bonchev–Trinajstić information content (AvgIpc) is 4.11. The van der Waals surface area contributed by atoms with Gasteiger partial charge < -0.3 is 18.7 Å². The lowest BCUT2D eigenvalue weighted by Gasteiger charge is -2.41. The van der Waals surface area contributed by atoms with E-state index in [9.17, 15) is 0 Å². The topological polar surface area (TPSA) is 43.2 Å². The van der Waals surface area contributed by atoms with Gasteiger partial charge in [0.25, 0.3) is 0 Å². The van der Waals surface area contributed by atoms with Crippen LogP contribution in [-0.2, 0) is 21.7 Å². The van der Waals surface area contributed by atoms with Gasteiger partial charge in [-0.15, -0.1) is 11.3 Å². The van der Waals surface area contributed by atoms with Crippen molar-refractivity contribution in [3.63, 3.8) is 0 Å². The smallest absolute Gasteiger partial charge is 0.146 e. The summed E-state index contributed by atoms with van der Waals surface area (Å²) in [7, 11) is 0. The van der Waals surface area contributed by atoms with E-state index in [-0.39, 0.29) is 21.7 Å². The third kappa shape index (κ3) is 6.90. The Balaban J connectivity index is 1.16. The maximum atomic E-state index is 7.26. The third-order valence-electron chi connectivity index (χ3n) is 16.0. The van der Waals surface area contributed by atoms with E-state index in [0.29, 0.717) is 0 Å². The van der Waals surface area contributed by atoms with Crippen molar-refractivity contribution in [2.45, 2.75) is 104 Å². The van der Waals surface area contributed by atoms with Crippen LogP contribution in [0.15, 0.2) is 160 Å². The number of hydrogen-bond acceptors (Lipinski definition) is 4. The summed E-state index contributed by atoms with van der Waals surface area (Å²) < 4.78 is 18.0. The molecule has 1 aliphatic rings. The van der Waals surface area contributed by atoms with Crippen LogP contribution in [0.4, 0.5) is 11.4 Å². The van der Waals surface area contributed by atoms with Crippen LogP contribution >= 0.6 is 11.3 Å². The summed E-state index contributed by atoms with van der Waals surface area (Å²) in [6.07, 6.45) is 2.29. The Labute approximate surface area is 419 Å². The van der Waals surface area contributed by atoms with Crippen LogP contribution in [0.2, 0.25) is 0 Å². The Hall–Kier alpha value is -7.08. The fourth-order valence-corrected chi connectivity index (χ4v) is 12.6. The number of rotatable bonds is 5. The first kappa shape index (κ1) is 43.9. The van der Waals surface area contributed by atoms with Crippen LogP contribution in [0.3, 0.4) is 0 Å². The molecule has 71 heavy (non-hydrogen) atoms. The van der Waals surface area contributed by atoms with Crippen molar-refractivity contribution in [2.24, 2.45) is 0 Å². The molecule has 4 nitrogen and oxygen atoms in total. The van der Waals surface area contributed by atoms with Gasteiger partial charge in [0, 0.05) is 59.7 Å². The van der Waals surface area contributed by atoms with Crippen molar-refractivity contribution < 1.29 is 8.83 Å². The van der Waals surface area contributed by atoms with E-state index < -0.39 is 0 Å². The number of nitrogens with zero attached hydrogens (tertiary/aromatic N) is 1. The largest absolute Gasteiger partial charge is 0.456 e. The molecule has 0 unspecified atom stereocenters. The molecular formula is C66H60N2O2S. The lowest BCUT2D eigenvalue weighted by molar-refractivity contribution is 0.332. The molecule has 5 heteroatoms. The molecule has 4 heterocycles. The number of anilines is 2. The molecule has 8 aromatic carbocycles. The van der Waals surface area contributed by atoms with Crippen LogP contribution in [0, 0.1) is 0 Å². The molecule has 0 saturated heterocycles. The maximum Gasteiger partial charge on any atom is 0.146 e. The molecule has 352 valence electrons. The predicted molar refractivity (Wildman–Crippen MR) is 304 cm³/mol. The zero-order valence-corrected chi connectivity index (χ0v) is 43.3. The molecule has 13 rings (SSSR count). The van der Waals surface area contributed by atoms with Gasteiger partial charge in [0.2, 0.25) is 0 Å². The summed E-state index contributed by atoms with van der Waals surface area (Å²) in [5, 5.41) is 14.3. The number of para-hydroxylation sites is 1. The van der Waals surface area contributed by atoms with Crippen LogP contribution in [-0.4, -0.2) is 4.57 Å². The summed E-state index contributed by atoms with van der Waals surface area (Å²) >= 11 is 1.80. The monoisotopic (exact) mass is 944 g/mol. The number of furan rings is 2. The molecule has 0 fully saturated rings. The number of thiophene rings is 1. The highest BCUT2D eigenvalue weighted by molar-refractivity contribution is 7.17. The molecule has 0 bridgehead atoms. The molecule has 1 N–H and O–H groups in total. The normalized spacial score (nSPS) is 15.0. The van der Waals surface area contributed by atoms with Crippen LogP contribution < -0.4 is 5.32 Å². The van der Waals surface area contributed by atoms with E-state index in [0.717, 1.165) is 101 Å². The number of benzene rings is 8. The number of aromatic nitrogens is 1. The highest BCUT2D eigenvalue weighted by atomic mass is 32.1. The van der Waals surface area contributed by atoms with E-state index >= 15 is 0 Å². The quantitative estimate of drug-likeness (QED) is 0.187. The zero-order valence-electron chi connectivity index (χ0n) is 42.5. The highest BCUT2D eigenvalue weighted by Crippen LogP contribution is 2.52. The second-order valence-electron chi connectivity index (χ2n) is 23.7. The molecule has 0 amide bonds. The SMILES string of the molecule is CC(C)(C)c1ccc(Nc2cc3oc4cc5c(cc4c3cc2-c2cc3c(c4cc(C(C)(C)C)ccc4n3-c3csc4ccc(-c6ccccc6)cc34)c3oc4ccccc4c23)C(C)(C)CCC5(C)C)cc1. The van der Waals surface area contributed by atoms with E-state index in [4.69, 9.17) is 8.83 Å². The Morgan fingerprint density at radius 2 is 1.18 bits per heavy atom. The summed E-state index contributed by atoms with van der Waals surface area (Å²) in [4.78, 5) is 0. The van der Waals surface area contributed by atoms with Gasteiger partial charge in [-0.3, -0.25) is 0 Å². The second-order valence-corrected chi connectivity index (χ2v) is 24.7. The van der Waals surface area contributed by atoms with Crippen LogP contribution in [0.1, 0.15) is 104 Å². The number of fused-ring (bicyclic) bond motifs is 12. The summed E-state index contributed by atoms with van der Waals surface area (Å²) in [6.45, 7) is 23.3. The lowest BCUT2D eigenvalue weighted by atomic mass is 9.63. The zero-order chi connectivity index (χ0) is 48.9. The molecular weight excluding hydrogens is 885 g/mol. The van der Waals surface area contributed by atoms with Crippen molar-refractivity contribution in [1.82, 2.24) is 4.57 Å². The first-order valence-electron chi connectivity index (χ1n) is 25.3. The van der Waals surface area contributed by atoms with Crippen molar-refractivity contribution in [3.05, 3.63) is 173 Å². The van der Waals surface area contributed by atoms with E-state index in [1.807, 2.05) is 0 Å². The van der Waals surface area contributed by atoms with E-state index in [1.165, 1.54) is 48.9 Å². The standard InChI is InChI=1S/C66H60N2O2S/c1-63(2,3)40-21-24-42(25-22-40)67-52-36-58-45(46-33-50-51(35-57(46)69-58)66(9,10)29-28-65(50,7)8)32-44(52)47-34-54-61(62-60(47)43-18-14-15-19-56(43)70-62)49-31-41(64(4,5)6)23-26-53(49)68(54)55-37-71-59-27-20-39(30-48(55)59)38-16-12-11-13-17-38/h11-27,30-37,67H,28-29H2,1-10H3. The minimum atomic E-state index is -0.0616. The predicted octanol–water partition coefficient (Wildman–Crippen LogP) is 19.8. The molecule has 0 radical (unpaired) electrons. The van der Waals surface area contributed by atoms with Gasteiger partial charge in [0.05, 0.1) is 27.8 Å².